The van der Waals surface area contributed by atoms with Crippen LogP contribution in [0.1, 0.15) is 46.5 Å². The summed E-state index contributed by atoms with van der Waals surface area (Å²) in [4.78, 5) is 26.2. The first kappa shape index (κ1) is 13.4. The van der Waals surface area contributed by atoms with Gasteiger partial charge in [0.05, 0.1) is 0 Å². The van der Waals surface area contributed by atoms with Gasteiger partial charge >= 0.3 is 0 Å². The highest BCUT2D eigenvalue weighted by molar-refractivity contribution is 5.90. The van der Waals surface area contributed by atoms with Crippen molar-refractivity contribution >= 4 is 11.8 Å². The van der Waals surface area contributed by atoms with Crippen LogP contribution in [0.4, 0.5) is 0 Å². The second-order valence-electron chi connectivity index (χ2n) is 5.94. The Morgan fingerprint density at radius 2 is 2.06 bits per heavy atom. The summed E-state index contributed by atoms with van der Waals surface area (Å²) in [5.41, 5.74) is 0. The zero-order chi connectivity index (χ0) is 13.3. The molecule has 0 spiro atoms. The lowest BCUT2D eigenvalue weighted by atomic mass is 9.80. The van der Waals surface area contributed by atoms with Gasteiger partial charge in [-0.3, -0.25) is 9.59 Å². The van der Waals surface area contributed by atoms with E-state index in [2.05, 4.69) is 19.2 Å². The second-order valence-corrected chi connectivity index (χ2v) is 5.94. The van der Waals surface area contributed by atoms with Gasteiger partial charge in [-0.25, -0.2) is 0 Å². The lowest BCUT2D eigenvalue weighted by molar-refractivity contribution is -0.139. The summed E-state index contributed by atoms with van der Waals surface area (Å²) in [7, 11) is 0. The molecule has 0 aromatic heterocycles. The zero-order valence-electron chi connectivity index (χ0n) is 11.6. The van der Waals surface area contributed by atoms with Gasteiger partial charge in [0, 0.05) is 19.0 Å². The number of carbonyl (C=O) groups is 2. The third-order valence-electron chi connectivity index (χ3n) is 4.45. The molecule has 2 fully saturated rings. The van der Waals surface area contributed by atoms with E-state index >= 15 is 0 Å². The smallest absolute Gasteiger partial charge is 0.245 e. The van der Waals surface area contributed by atoms with E-state index in [9.17, 15) is 9.59 Å². The highest BCUT2D eigenvalue weighted by Crippen LogP contribution is 2.32. The molecule has 1 heterocycles. The summed E-state index contributed by atoms with van der Waals surface area (Å²) in [6, 6.07) is 0.0488. The Labute approximate surface area is 109 Å². The highest BCUT2D eigenvalue weighted by atomic mass is 16.2. The molecule has 1 saturated carbocycles. The Kier molecular flexibility index (Phi) is 3.93. The maximum atomic E-state index is 12.5. The van der Waals surface area contributed by atoms with Gasteiger partial charge in [-0.05, 0) is 24.7 Å². The molecule has 1 aliphatic heterocycles. The first-order valence-corrected chi connectivity index (χ1v) is 7.12. The van der Waals surface area contributed by atoms with Crippen LogP contribution in [-0.2, 0) is 9.59 Å². The average molecular weight is 252 g/mol. The fourth-order valence-corrected chi connectivity index (χ4v) is 2.92. The summed E-state index contributed by atoms with van der Waals surface area (Å²) >= 11 is 0. The van der Waals surface area contributed by atoms with Crippen LogP contribution in [0.3, 0.4) is 0 Å². The van der Waals surface area contributed by atoms with Crippen molar-refractivity contribution in [1.29, 1.82) is 0 Å². The fourth-order valence-electron chi connectivity index (χ4n) is 2.92. The molecule has 102 valence electrons. The van der Waals surface area contributed by atoms with Crippen LogP contribution in [0.2, 0.25) is 0 Å². The normalized spacial score (nSPS) is 34.6. The molecule has 2 aliphatic rings. The second kappa shape index (κ2) is 5.29. The van der Waals surface area contributed by atoms with Gasteiger partial charge in [-0.2, -0.15) is 0 Å². The quantitative estimate of drug-likeness (QED) is 0.828. The molecule has 0 aromatic carbocycles. The summed E-state index contributed by atoms with van der Waals surface area (Å²) in [5, 5.41) is 2.89. The first-order chi connectivity index (χ1) is 8.52. The Morgan fingerprint density at radius 3 is 2.61 bits per heavy atom. The largest absolute Gasteiger partial charge is 0.344 e. The summed E-state index contributed by atoms with van der Waals surface area (Å²) in [6.45, 7) is 6.91. The van der Waals surface area contributed by atoms with E-state index in [0.717, 1.165) is 25.2 Å². The summed E-state index contributed by atoms with van der Waals surface area (Å²) < 4.78 is 0. The minimum Gasteiger partial charge on any atom is -0.344 e. The van der Waals surface area contributed by atoms with Crippen molar-refractivity contribution < 1.29 is 9.59 Å². The zero-order valence-corrected chi connectivity index (χ0v) is 11.6. The predicted molar refractivity (Wildman–Crippen MR) is 69.9 cm³/mol. The number of amides is 2. The minimum atomic E-state index is -0.319. The van der Waals surface area contributed by atoms with Crippen LogP contribution in [0.15, 0.2) is 0 Å². The number of nitrogens with zero attached hydrogens (tertiary/aromatic N) is 1. The van der Waals surface area contributed by atoms with Crippen LogP contribution >= 0.6 is 0 Å². The van der Waals surface area contributed by atoms with Gasteiger partial charge in [0.25, 0.3) is 0 Å². The number of rotatable bonds is 3. The molecule has 4 heteroatoms. The number of hydrogen-bond acceptors (Lipinski definition) is 2. The summed E-state index contributed by atoms with van der Waals surface area (Å²) in [6.07, 6.45) is 3.54. The molecular weight excluding hydrogens is 228 g/mol. The van der Waals surface area contributed by atoms with E-state index in [-0.39, 0.29) is 23.8 Å². The number of nitrogens with one attached hydrogen (secondary N) is 1. The van der Waals surface area contributed by atoms with Gasteiger partial charge in [-0.1, -0.05) is 27.2 Å². The summed E-state index contributed by atoms with van der Waals surface area (Å²) in [5.74, 6) is 1.08. The molecule has 2 amide bonds. The molecule has 1 N–H and O–H groups in total. The standard InChI is InChI=1S/C14H24N2O2/c1-4-10(3)13-14(18)16(6-5-12(17)15-13)11-7-9(2)8-11/h9-11,13H,4-8H2,1-3H3,(H,15,17). The molecule has 0 radical (unpaired) electrons. The molecule has 2 rings (SSSR count). The van der Waals surface area contributed by atoms with Crippen molar-refractivity contribution in [3.8, 4) is 0 Å². The van der Waals surface area contributed by atoms with Crippen molar-refractivity contribution in [2.24, 2.45) is 11.8 Å². The number of carbonyl (C=O) groups excluding carboxylic acids is 2. The highest BCUT2D eigenvalue weighted by Gasteiger charge is 2.39. The van der Waals surface area contributed by atoms with Crippen molar-refractivity contribution in [2.75, 3.05) is 6.54 Å². The van der Waals surface area contributed by atoms with Crippen LogP contribution in [0, 0.1) is 11.8 Å². The molecule has 0 bridgehead atoms. The van der Waals surface area contributed by atoms with Crippen LogP contribution in [0.25, 0.3) is 0 Å². The third kappa shape index (κ3) is 2.52. The van der Waals surface area contributed by atoms with Gasteiger partial charge < -0.3 is 10.2 Å². The fraction of sp³-hybridized carbons (Fsp3) is 0.857. The molecule has 1 aliphatic carbocycles. The van der Waals surface area contributed by atoms with Gasteiger partial charge in [0.15, 0.2) is 0 Å². The maximum Gasteiger partial charge on any atom is 0.245 e. The van der Waals surface area contributed by atoms with Crippen molar-refractivity contribution in [1.82, 2.24) is 10.2 Å². The van der Waals surface area contributed by atoms with E-state index < -0.39 is 0 Å². The molecule has 1 saturated heterocycles. The van der Waals surface area contributed by atoms with Gasteiger partial charge in [0.1, 0.15) is 6.04 Å². The van der Waals surface area contributed by atoms with E-state index in [1.54, 1.807) is 0 Å². The van der Waals surface area contributed by atoms with E-state index in [1.807, 2.05) is 11.8 Å². The first-order valence-electron chi connectivity index (χ1n) is 7.12. The monoisotopic (exact) mass is 252 g/mol. The van der Waals surface area contributed by atoms with Crippen molar-refractivity contribution in [3.63, 3.8) is 0 Å². The lowest BCUT2D eigenvalue weighted by Gasteiger charge is -2.42. The lowest BCUT2D eigenvalue weighted by Crippen LogP contribution is -2.54. The van der Waals surface area contributed by atoms with Crippen molar-refractivity contribution in [3.05, 3.63) is 0 Å². The molecular formula is C14H24N2O2. The minimum absolute atomic E-state index is 0.0171. The molecule has 0 aromatic rings. The SMILES string of the molecule is CCC(C)C1NC(=O)CCN(C2CC(C)C2)C1=O. The Balaban J connectivity index is 2.10. The van der Waals surface area contributed by atoms with E-state index in [1.165, 1.54) is 0 Å². The average Bonchev–Trinajstić information content (AvgIpc) is 2.45. The number of hydrogen-bond donors (Lipinski definition) is 1. The molecule has 2 unspecified atom stereocenters. The molecule has 18 heavy (non-hydrogen) atoms. The van der Waals surface area contributed by atoms with E-state index in [0.29, 0.717) is 19.0 Å². The third-order valence-corrected chi connectivity index (χ3v) is 4.45. The van der Waals surface area contributed by atoms with Gasteiger partial charge in [-0.15, -0.1) is 0 Å². The Morgan fingerprint density at radius 1 is 1.39 bits per heavy atom. The van der Waals surface area contributed by atoms with Crippen LogP contribution in [0.5, 0.6) is 0 Å². The van der Waals surface area contributed by atoms with Crippen LogP contribution in [-0.4, -0.2) is 35.3 Å². The van der Waals surface area contributed by atoms with E-state index in [4.69, 9.17) is 0 Å². The Hall–Kier alpha value is -1.06. The maximum absolute atomic E-state index is 12.5. The molecule has 4 nitrogen and oxygen atoms in total. The predicted octanol–water partition coefficient (Wildman–Crippen LogP) is 1.55. The topological polar surface area (TPSA) is 49.4 Å². The Bertz CT molecular complexity index is 337. The van der Waals surface area contributed by atoms with Crippen molar-refractivity contribution in [2.45, 2.75) is 58.5 Å². The molecule has 2 atom stereocenters. The van der Waals surface area contributed by atoms with Crippen LogP contribution < -0.4 is 5.32 Å². The van der Waals surface area contributed by atoms with Gasteiger partial charge in [0.2, 0.25) is 11.8 Å².